The van der Waals surface area contributed by atoms with E-state index in [-0.39, 0.29) is 17.7 Å². The van der Waals surface area contributed by atoms with Gasteiger partial charge in [0.25, 0.3) is 0 Å². The maximum atomic E-state index is 10.9. The maximum Gasteiger partial charge on any atom is 0.309 e. The zero-order valence-corrected chi connectivity index (χ0v) is 7.22. The van der Waals surface area contributed by atoms with Crippen LogP contribution < -0.4 is 0 Å². The minimum atomic E-state index is -0.289. The van der Waals surface area contributed by atoms with Gasteiger partial charge in [0, 0.05) is 6.42 Å². The molecule has 0 aliphatic heterocycles. The summed E-state index contributed by atoms with van der Waals surface area (Å²) in [6, 6.07) is 0. The number of ether oxygens (including phenoxy) is 1. The van der Waals surface area contributed by atoms with Crippen molar-refractivity contribution in [2.24, 2.45) is 5.92 Å². The first-order valence-corrected chi connectivity index (χ1v) is 3.69. The highest BCUT2D eigenvalue weighted by Gasteiger charge is 2.18. The lowest BCUT2D eigenvalue weighted by Gasteiger charge is -2.08. The van der Waals surface area contributed by atoms with Crippen LogP contribution in [0.4, 0.5) is 0 Å². The van der Waals surface area contributed by atoms with Gasteiger partial charge in [0.1, 0.15) is 5.78 Å². The van der Waals surface area contributed by atoms with Crippen molar-refractivity contribution < 1.29 is 14.3 Å². The van der Waals surface area contributed by atoms with Gasteiger partial charge in [-0.15, -0.1) is 0 Å². The first kappa shape index (κ1) is 10.1. The Morgan fingerprint density at radius 1 is 1.45 bits per heavy atom. The molecule has 3 heteroatoms. The van der Waals surface area contributed by atoms with E-state index < -0.39 is 0 Å². The van der Waals surface area contributed by atoms with Crippen molar-refractivity contribution in [3.8, 4) is 0 Å². The lowest BCUT2D eigenvalue weighted by molar-refractivity contribution is -0.147. The van der Waals surface area contributed by atoms with Crippen LogP contribution in [0.5, 0.6) is 0 Å². The average molecular weight is 158 g/mol. The summed E-state index contributed by atoms with van der Waals surface area (Å²) >= 11 is 0. The Balaban J connectivity index is 3.94. The molecule has 1 unspecified atom stereocenters. The molecule has 0 aromatic carbocycles. The van der Waals surface area contributed by atoms with Gasteiger partial charge in [-0.1, -0.05) is 6.92 Å². The summed E-state index contributed by atoms with van der Waals surface area (Å²) in [5, 5.41) is 0. The molecule has 0 heterocycles. The molecule has 0 bridgehead atoms. The van der Waals surface area contributed by atoms with E-state index in [0.717, 1.165) is 0 Å². The Kier molecular flexibility index (Phi) is 4.50. The molecule has 1 atom stereocenters. The molecular weight excluding hydrogens is 144 g/mol. The smallest absolute Gasteiger partial charge is 0.309 e. The second-order valence-corrected chi connectivity index (χ2v) is 2.53. The first-order chi connectivity index (χ1) is 5.11. The molecular formula is C8H14O3. The van der Waals surface area contributed by atoms with Crippen LogP contribution in [0.25, 0.3) is 0 Å². The van der Waals surface area contributed by atoms with E-state index in [9.17, 15) is 9.59 Å². The Morgan fingerprint density at radius 3 is 2.27 bits per heavy atom. The Morgan fingerprint density at radius 2 is 2.00 bits per heavy atom. The molecule has 0 N–H and O–H groups in total. The highest BCUT2D eigenvalue weighted by molar-refractivity contribution is 5.82. The third-order valence-corrected chi connectivity index (χ3v) is 1.56. The summed E-state index contributed by atoms with van der Waals surface area (Å²) < 4.78 is 4.51. The number of carbonyl (C=O) groups is 2. The van der Waals surface area contributed by atoms with E-state index >= 15 is 0 Å². The highest BCUT2D eigenvalue weighted by Crippen LogP contribution is 2.09. The number of Topliss-reactive ketones (excluding diaryl/α,β-unsaturated/α-hetero) is 1. The van der Waals surface area contributed by atoms with Crippen LogP contribution in [0.15, 0.2) is 0 Å². The highest BCUT2D eigenvalue weighted by atomic mass is 16.5. The number of methoxy groups -OCH3 is 1. The largest absolute Gasteiger partial charge is 0.469 e. The van der Waals surface area contributed by atoms with Gasteiger partial charge in [-0.25, -0.2) is 0 Å². The molecule has 64 valence electrons. The average Bonchev–Trinajstić information content (AvgIpc) is 1.98. The number of hydrogen-bond donors (Lipinski definition) is 0. The SMILES string of the molecule is CCC(CC(C)=O)C(=O)OC. The molecule has 0 aliphatic carbocycles. The molecule has 0 saturated carbocycles. The molecule has 0 aliphatic rings. The van der Waals surface area contributed by atoms with Crippen LogP contribution in [0.3, 0.4) is 0 Å². The lowest BCUT2D eigenvalue weighted by Crippen LogP contribution is -2.17. The molecule has 0 aromatic heterocycles. The molecule has 0 spiro atoms. The Labute approximate surface area is 66.7 Å². The predicted molar refractivity (Wildman–Crippen MR) is 41.1 cm³/mol. The van der Waals surface area contributed by atoms with Gasteiger partial charge in [-0.2, -0.15) is 0 Å². The summed E-state index contributed by atoms with van der Waals surface area (Å²) in [5.41, 5.74) is 0. The summed E-state index contributed by atoms with van der Waals surface area (Å²) in [5.74, 6) is -0.512. The molecule has 0 aromatic rings. The third kappa shape index (κ3) is 3.75. The van der Waals surface area contributed by atoms with E-state index in [0.29, 0.717) is 12.8 Å². The van der Waals surface area contributed by atoms with Crippen LogP contribution in [-0.4, -0.2) is 18.9 Å². The van der Waals surface area contributed by atoms with Crippen molar-refractivity contribution in [3.05, 3.63) is 0 Å². The van der Waals surface area contributed by atoms with Gasteiger partial charge in [0.15, 0.2) is 0 Å². The molecule has 0 radical (unpaired) electrons. The fourth-order valence-corrected chi connectivity index (χ4v) is 0.908. The Bertz CT molecular complexity index is 151. The van der Waals surface area contributed by atoms with Crippen LogP contribution in [0.2, 0.25) is 0 Å². The lowest BCUT2D eigenvalue weighted by atomic mass is 10.0. The van der Waals surface area contributed by atoms with Gasteiger partial charge in [0.2, 0.25) is 0 Å². The normalized spacial score (nSPS) is 12.3. The zero-order valence-electron chi connectivity index (χ0n) is 7.22. The van der Waals surface area contributed by atoms with E-state index in [2.05, 4.69) is 4.74 Å². The standard InChI is InChI=1S/C8H14O3/c1-4-7(5-6(2)9)8(10)11-3/h7H,4-5H2,1-3H3. The number of carbonyl (C=O) groups excluding carboxylic acids is 2. The second kappa shape index (κ2) is 4.88. The molecule has 0 rings (SSSR count). The molecule has 0 amide bonds. The quantitative estimate of drug-likeness (QED) is 0.577. The van der Waals surface area contributed by atoms with Gasteiger partial charge in [-0.05, 0) is 13.3 Å². The van der Waals surface area contributed by atoms with Crippen LogP contribution in [0, 0.1) is 5.92 Å². The molecule has 11 heavy (non-hydrogen) atoms. The van der Waals surface area contributed by atoms with Crippen molar-refractivity contribution >= 4 is 11.8 Å². The van der Waals surface area contributed by atoms with E-state index in [1.54, 1.807) is 0 Å². The van der Waals surface area contributed by atoms with Crippen molar-refractivity contribution in [2.45, 2.75) is 26.7 Å². The minimum absolute atomic E-state index is 0.0299. The van der Waals surface area contributed by atoms with Gasteiger partial charge < -0.3 is 9.53 Å². The first-order valence-electron chi connectivity index (χ1n) is 3.69. The van der Waals surface area contributed by atoms with Crippen molar-refractivity contribution in [1.82, 2.24) is 0 Å². The minimum Gasteiger partial charge on any atom is -0.469 e. The van der Waals surface area contributed by atoms with Crippen molar-refractivity contribution in [1.29, 1.82) is 0 Å². The van der Waals surface area contributed by atoms with Crippen molar-refractivity contribution in [2.75, 3.05) is 7.11 Å². The van der Waals surface area contributed by atoms with Crippen LogP contribution >= 0.6 is 0 Å². The summed E-state index contributed by atoms with van der Waals surface area (Å²) in [4.78, 5) is 21.5. The number of esters is 1. The van der Waals surface area contributed by atoms with E-state index in [4.69, 9.17) is 0 Å². The van der Waals surface area contributed by atoms with Gasteiger partial charge >= 0.3 is 5.97 Å². The van der Waals surface area contributed by atoms with Gasteiger partial charge in [-0.3, -0.25) is 4.79 Å². The van der Waals surface area contributed by atoms with E-state index in [1.165, 1.54) is 14.0 Å². The second-order valence-electron chi connectivity index (χ2n) is 2.53. The summed E-state index contributed by atoms with van der Waals surface area (Å²) in [6.07, 6.45) is 0.954. The van der Waals surface area contributed by atoms with Crippen LogP contribution in [0.1, 0.15) is 26.7 Å². The number of hydrogen-bond acceptors (Lipinski definition) is 3. The van der Waals surface area contributed by atoms with Crippen molar-refractivity contribution in [3.63, 3.8) is 0 Å². The summed E-state index contributed by atoms with van der Waals surface area (Å²) in [7, 11) is 1.34. The topological polar surface area (TPSA) is 43.4 Å². The number of ketones is 1. The molecule has 3 nitrogen and oxygen atoms in total. The Hall–Kier alpha value is -0.860. The van der Waals surface area contributed by atoms with E-state index in [1.807, 2.05) is 6.92 Å². The number of rotatable bonds is 4. The van der Waals surface area contributed by atoms with Gasteiger partial charge in [0.05, 0.1) is 13.0 Å². The zero-order chi connectivity index (χ0) is 8.85. The third-order valence-electron chi connectivity index (χ3n) is 1.56. The predicted octanol–water partition coefficient (Wildman–Crippen LogP) is 1.16. The monoisotopic (exact) mass is 158 g/mol. The summed E-state index contributed by atoms with van der Waals surface area (Å²) in [6.45, 7) is 3.34. The fraction of sp³-hybridized carbons (Fsp3) is 0.750. The fourth-order valence-electron chi connectivity index (χ4n) is 0.908. The molecule has 0 saturated heterocycles. The maximum absolute atomic E-state index is 10.9. The molecule has 0 fully saturated rings. The van der Waals surface area contributed by atoms with Crippen LogP contribution in [-0.2, 0) is 14.3 Å².